The smallest absolute Gasteiger partial charge is 0.255 e. The number of fused-ring (bicyclic) bond motifs is 1. The summed E-state index contributed by atoms with van der Waals surface area (Å²) < 4.78 is 0.830. The normalized spacial score (nSPS) is 16.6. The molecule has 5 nitrogen and oxygen atoms in total. The van der Waals surface area contributed by atoms with Gasteiger partial charge in [-0.15, -0.1) is 11.3 Å². The van der Waals surface area contributed by atoms with Gasteiger partial charge in [-0.2, -0.15) is 0 Å². The molecule has 0 saturated carbocycles. The minimum absolute atomic E-state index is 0.0194. The molecular weight excluding hydrogens is 294 g/mol. The Morgan fingerprint density at radius 1 is 1.45 bits per heavy atom. The van der Waals surface area contributed by atoms with E-state index in [2.05, 4.69) is 15.2 Å². The molecule has 2 aromatic rings. The molecule has 1 amide bonds. The van der Waals surface area contributed by atoms with E-state index in [1.165, 1.54) is 22.7 Å². The molecule has 1 fully saturated rings. The monoisotopic (exact) mass is 309 g/mol. The Morgan fingerprint density at radius 2 is 2.20 bits per heavy atom. The number of carbonyl (C=O) groups excluding carboxylic acids is 1. The average molecular weight is 309 g/mol. The van der Waals surface area contributed by atoms with E-state index in [-0.39, 0.29) is 16.7 Å². The van der Waals surface area contributed by atoms with Gasteiger partial charge in [0, 0.05) is 26.1 Å². The van der Waals surface area contributed by atoms with E-state index in [0.717, 1.165) is 41.3 Å². The largest absolute Gasteiger partial charge is 0.353 e. The van der Waals surface area contributed by atoms with Crippen LogP contribution in [-0.4, -0.2) is 30.0 Å². The van der Waals surface area contributed by atoms with E-state index in [1.807, 2.05) is 11.4 Å². The van der Waals surface area contributed by atoms with Crippen LogP contribution >= 0.6 is 22.7 Å². The number of thiophene rings is 1. The van der Waals surface area contributed by atoms with Crippen molar-refractivity contribution in [1.29, 1.82) is 0 Å². The molecule has 2 aromatic heterocycles. The Balaban J connectivity index is 1.76. The fraction of sp³-hybridized carbons (Fsp3) is 0.462. The van der Waals surface area contributed by atoms with Crippen molar-refractivity contribution in [3.05, 3.63) is 21.0 Å². The SMILES string of the molecule is CC(=O)NC1CCN(c2nc3ccsc3c(=O)s2)CC1. The Labute approximate surface area is 124 Å². The first-order chi connectivity index (χ1) is 9.63. The number of aromatic nitrogens is 1. The van der Waals surface area contributed by atoms with E-state index in [4.69, 9.17) is 0 Å². The molecule has 1 N–H and O–H groups in total. The first kappa shape index (κ1) is 13.5. The predicted molar refractivity (Wildman–Crippen MR) is 82.8 cm³/mol. The molecule has 0 atom stereocenters. The second kappa shape index (κ2) is 5.49. The van der Waals surface area contributed by atoms with Crippen LogP contribution in [0.3, 0.4) is 0 Å². The molecule has 1 aliphatic heterocycles. The van der Waals surface area contributed by atoms with Gasteiger partial charge in [-0.25, -0.2) is 4.98 Å². The number of carbonyl (C=O) groups is 1. The van der Waals surface area contributed by atoms with Crippen molar-refractivity contribution in [2.24, 2.45) is 0 Å². The molecule has 1 aliphatic rings. The van der Waals surface area contributed by atoms with Gasteiger partial charge in [0.2, 0.25) is 5.91 Å². The van der Waals surface area contributed by atoms with Gasteiger partial charge >= 0.3 is 0 Å². The van der Waals surface area contributed by atoms with Gasteiger partial charge in [-0.3, -0.25) is 9.59 Å². The fourth-order valence-electron chi connectivity index (χ4n) is 2.44. The first-order valence-corrected chi connectivity index (χ1v) is 8.23. The van der Waals surface area contributed by atoms with Gasteiger partial charge in [0.25, 0.3) is 4.74 Å². The summed E-state index contributed by atoms with van der Waals surface area (Å²) in [4.78, 5) is 29.8. The zero-order valence-corrected chi connectivity index (χ0v) is 12.7. The molecular formula is C13H15N3O2S2. The van der Waals surface area contributed by atoms with Gasteiger partial charge in [0.15, 0.2) is 5.13 Å². The third-order valence-corrected chi connectivity index (χ3v) is 5.36. The Morgan fingerprint density at radius 3 is 2.90 bits per heavy atom. The minimum atomic E-state index is 0.0194. The van der Waals surface area contributed by atoms with Crippen LogP contribution in [0, 0.1) is 0 Å². The highest BCUT2D eigenvalue weighted by molar-refractivity contribution is 7.21. The maximum Gasteiger partial charge on any atom is 0.255 e. The number of amides is 1. The van der Waals surface area contributed by atoms with Crippen LogP contribution in [0.4, 0.5) is 5.13 Å². The molecule has 106 valence electrons. The van der Waals surface area contributed by atoms with Crippen LogP contribution in [0.2, 0.25) is 0 Å². The zero-order valence-electron chi connectivity index (χ0n) is 11.1. The van der Waals surface area contributed by atoms with E-state index in [0.29, 0.717) is 0 Å². The van der Waals surface area contributed by atoms with Crippen molar-refractivity contribution < 1.29 is 4.79 Å². The van der Waals surface area contributed by atoms with Crippen molar-refractivity contribution in [1.82, 2.24) is 10.3 Å². The molecule has 0 bridgehead atoms. The van der Waals surface area contributed by atoms with Crippen molar-refractivity contribution >= 4 is 43.9 Å². The molecule has 3 rings (SSSR count). The number of nitrogens with one attached hydrogen (secondary N) is 1. The third-order valence-electron chi connectivity index (χ3n) is 3.40. The van der Waals surface area contributed by atoms with Crippen LogP contribution in [0.15, 0.2) is 16.2 Å². The third kappa shape index (κ3) is 2.69. The maximum absolute atomic E-state index is 12.0. The van der Waals surface area contributed by atoms with Crippen LogP contribution < -0.4 is 15.0 Å². The lowest BCUT2D eigenvalue weighted by Gasteiger charge is -2.32. The van der Waals surface area contributed by atoms with Crippen LogP contribution in [0.25, 0.3) is 10.2 Å². The summed E-state index contributed by atoms with van der Waals surface area (Å²) in [5, 5.41) is 5.64. The second-order valence-corrected chi connectivity index (χ2v) is 6.74. The lowest BCUT2D eigenvalue weighted by atomic mass is 10.1. The average Bonchev–Trinajstić information content (AvgIpc) is 2.87. The molecule has 0 aliphatic carbocycles. The topological polar surface area (TPSA) is 62.3 Å². The summed E-state index contributed by atoms with van der Waals surface area (Å²) in [7, 11) is 0. The van der Waals surface area contributed by atoms with Crippen molar-refractivity contribution in [2.45, 2.75) is 25.8 Å². The highest BCUT2D eigenvalue weighted by atomic mass is 32.1. The molecule has 7 heteroatoms. The fourth-order valence-corrected chi connectivity index (χ4v) is 4.19. The number of hydrogen-bond acceptors (Lipinski definition) is 6. The van der Waals surface area contributed by atoms with Crippen molar-refractivity contribution in [2.75, 3.05) is 18.0 Å². The maximum atomic E-state index is 12.0. The lowest BCUT2D eigenvalue weighted by molar-refractivity contribution is -0.119. The lowest BCUT2D eigenvalue weighted by Crippen LogP contribution is -2.44. The molecule has 0 spiro atoms. The van der Waals surface area contributed by atoms with E-state index in [1.54, 1.807) is 6.92 Å². The Hall–Kier alpha value is -1.47. The molecule has 20 heavy (non-hydrogen) atoms. The highest BCUT2D eigenvalue weighted by Crippen LogP contribution is 2.24. The highest BCUT2D eigenvalue weighted by Gasteiger charge is 2.22. The predicted octanol–water partition coefficient (Wildman–Crippen LogP) is 1.82. The standard InChI is InChI=1S/C13H15N3O2S2/c1-8(17)14-9-2-5-16(6-3-9)13-15-10-4-7-19-11(10)12(18)20-13/h4,7,9H,2-3,5-6H2,1H3,(H,14,17). The van der Waals surface area contributed by atoms with Gasteiger partial charge in [-0.05, 0) is 24.3 Å². The van der Waals surface area contributed by atoms with E-state index in [9.17, 15) is 9.59 Å². The van der Waals surface area contributed by atoms with E-state index >= 15 is 0 Å². The zero-order chi connectivity index (χ0) is 14.1. The Kier molecular flexibility index (Phi) is 3.71. The summed E-state index contributed by atoms with van der Waals surface area (Å²) in [6, 6.07) is 2.13. The summed E-state index contributed by atoms with van der Waals surface area (Å²) in [6.07, 6.45) is 1.79. The number of hydrogen-bond donors (Lipinski definition) is 1. The van der Waals surface area contributed by atoms with Crippen LogP contribution in [0.1, 0.15) is 19.8 Å². The first-order valence-electron chi connectivity index (χ1n) is 6.54. The summed E-state index contributed by atoms with van der Waals surface area (Å²) in [6.45, 7) is 3.19. The molecule has 3 heterocycles. The van der Waals surface area contributed by atoms with Crippen LogP contribution in [0.5, 0.6) is 0 Å². The summed E-state index contributed by atoms with van der Waals surface area (Å²) in [5.41, 5.74) is 0.790. The van der Waals surface area contributed by atoms with Gasteiger partial charge in [-0.1, -0.05) is 11.3 Å². The van der Waals surface area contributed by atoms with E-state index < -0.39 is 0 Å². The quantitative estimate of drug-likeness (QED) is 0.919. The van der Waals surface area contributed by atoms with Gasteiger partial charge in [0.1, 0.15) is 4.70 Å². The summed E-state index contributed by atoms with van der Waals surface area (Å²) in [5.74, 6) is 0.0194. The van der Waals surface area contributed by atoms with Crippen LogP contribution in [-0.2, 0) is 4.79 Å². The summed E-state index contributed by atoms with van der Waals surface area (Å²) >= 11 is 2.66. The number of anilines is 1. The molecule has 0 aromatic carbocycles. The van der Waals surface area contributed by atoms with Gasteiger partial charge in [0.05, 0.1) is 5.52 Å². The Bertz CT molecular complexity index is 686. The molecule has 0 unspecified atom stereocenters. The number of nitrogens with zero attached hydrogens (tertiary/aromatic N) is 2. The second-order valence-electron chi connectivity index (χ2n) is 4.88. The van der Waals surface area contributed by atoms with Gasteiger partial charge < -0.3 is 10.2 Å². The van der Waals surface area contributed by atoms with Crippen molar-refractivity contribution in [3.63, 3.8) is 0 Å². The number of piperidine rings is 1. The van der Waals surface area contributed by atoms with Crippen molar-refractivity contribution in [3.8, 4) is 0 Å². The number of rotatable bonds is 2. The molecule has 0 radical (unpaired) electrons. The molecule has 1 saturated heterocycles. The minimum Gasteiger partial charge on any atom is -0.353 e.